The van der Waals surface area contributed by atoms with Gasteiger partial charge in [0.05, 0.1) is 4.92 Å². The van der Waals surface area contributed by atoms with Gasteiger partial charge in [0.25, 0.3) is 11.6 Å². The predicted molar refractivity (Wildman–Crippen MR) is 69.5 cm³/mol. The quantitative estimate of drug-likeness (QED) is 0.609. The van der Waals surface area contributed by atoms with Gasteiger partial charge in [-0.25, -0.2) is 0 Å². The number of amides is 1. The second-order valence-electron chi connectivity index (χ2n) is 4.67. The largest absolute Gasteiger partial charge is 0.334 e. The van der Waals surface area contributed by atoms with Crippen LogP contribution in [0.25, 0.3) is 0 Å². The van der Waals surface area contributed by atoms with Crippen LogP contribution in [0.2, 0.25) is 0 Å². The number of nitro groups is 1. The van der Waals surface area contributed by atoms with Gasteiger partial charge < -0.3 is 4.90 Å². The molecule has 5 nitrogen and oxygen atoms in total. The van der Waals surface area contributed by atoms with Gasteiger partial charge >= 0.3 is 0 Å². The molecule has 5 heteroatoms. The number of carbonyl (C=O) groups excluding carboxylic acids is 1. The lowest BCUT2D eigenvalue weighted by atomic mass is 10.1. The van der Waals surface area contributed by atoms with E-state index in [0.717, 1.165) is 0 Å². The third kappa shape index (κ3) is 2.85. The molecule has 18 heavy (non-hydrogen) atoms. The van der Waals surface area contributed by atoms with Crippen molar-refractivity contribution in [2.45, 2.75) is 39.8 Å². The monoisotopic (exact) mass is 250 g/mol. The lowest BCUT2D eigenvalue weighted by molar-refractivity contribution is -0.385. The number of hydrogen-bond acceptors (Lipinski definition) is 3. The number of benzene rings is 1. The summed E-state index contributed by atoms with van der Waals surface area (Å²) in [6, 6.07) is 6.04. The van der Waals surface area contributed by atoms with Crippen molar-refractivity contribution in [3.05, 3.63) is 39.9 Å². The Bertz CT molecular complexity index is 447. The van der Waals surface area contributed by atoms with Crippen LogP contribution < -0.4 is 0 Å². The van der Waals surface area contributed by atoms with Crippen LogP contribution in [0, 0.1) is 10.1 Å². The van der Waals surface area contributed by atoms with E-state index in [9.17, 15) is 14.9 Å². The highest BCUT2D eigenvalue weighted by atomic mass is 16.6. The molecule has 0 atom stereocenters. The minimum absolute atomic E-state index is 0.00249. The summed E-state index contributed by atoms with van der Waals surface area (Å²) in [4.78, 5) is 24.4. The molecular weight excluding hydrogens is 232 g/mol. The SMILES string of the molecule is CC(C)N(C(=O)c1ccccc1[N+](=O)[O-])C(C)C. The van der Waals surface area contributed by atoms with Crippen molar-refractivity contribution in [2.24, 2.45) is 0 Å². The van der Waals surface area contributed by atoms with E-state index < -0.39 is 4.92 Å². The van der Waals surface area contributed by atoms with E-state index in [1.807, 2.05) is 27.7 Å². The highest BCUT2D eigenvalue weighted by Gasteiger charge is 2.27. The average Bonchev–Trinajstić information content (AvgIpc) is 2.27. The normalized spacial score (nSPS) is 10.8. The molecule has 1 amide bonds. The second-order valence-corrected chi connectivity index (χ2v) is 4.67. The third-order valence-corrected chi connectivity index (χ3v) is 2.68. The van der Waals surface area contributed by atoms with Crippen molar-refractivity contribution in [3.63, 3.8) is 0 Å². The van der Waals surface area contributed by atoms with Gasteiger partial charge in [0.2, 0.25) is 0 Å². The van der Waals surface area contributed by atoms with Crippen LogP contribution in [-0.2, 0) is 0 Å². The van der Waals surface area contributed by atoms with Crippen LogP contribution in [0.15, 0.2) is 24.3 Å². The van der Waals surface area contributed by atoms with E-state index in [-0.39, 0.29) is 29.2 Å². The van der Waals surface area contributed by atoms with Gasteiger partial charge in [-0.05, 0) is 33.8 Å². The lowest BCUT2D eigenvalue weighted by Gasteiger charge is -2.30. The summed E-state index contributed by atoms with van der Waals surface area (Å²) >= 11 is 0. The van der Waals surface area contributed by atoms with E-state index >= 15 is 0 Å². The Morgan fingerprint density at radius 3 is 2.11 bits per heavy atom. The summed E-state index contributed by atoms with van der Waals surface area (Å²) in [6.07, 6.45) is 0. The molecule has 0 aliphatic heterocycles. The number of para-hydroxylation sites is 1. The van der Waals surface area contributed by atoms with E-state index in [1.165, 1.54) is 12.1 Å². The molecule has 0 aliphatic carbocycles. The summed E-state index contributed by atoms with van der Waals surface area (Å²) in [7, 11) is 0. The Labute approximate surface area is 107 Å². The average molecular weight is 250 g/mol. The van der Waals surface area contributed by atoms with Crippen molar-refractivity contribution in [3.8, 4) is 0 Å². The molecule has 0 heterocycles. The van der Waals surface area contributed by atoms with E-state index in [2.05, 4.69) is 0 Å². The molecule has 0 fully saturated rings. The molecule has 0 unspecified atom stereocenters. The first kappa shape index (κ1) is 14.2. The minimum Gasteiger partial charge on any atom is -0.334 e. The fraction of sp³-hybridized carbons (Fsp3) is 0.462. The van der Waals surface area contributed by atoms with Crippen molar-refractivity contribution in [2.75, 3.05) is 0 Å². The molecule has 98 valence electrons. The van der Waals surface area contributed by atoms with Gasteiger partial charge in [0.1, 0.15) is 5.56 Å². The maximum Gasteiger partial charge on any atom is 0.282 e. The summed E-state index contributed by atoms with van der Waals surface area (Å²) in [5.74, 6) is -0.299. The third-order valence-electron chi connectivity index (χ3n) is 2.68. The molecule has 0 aromatic heterocycles. The van der Waals surface area contributed by atoms with E-state index in [4.69, 9.17) is 0 Å². The second kappa shape index (κ2) is 5.62. The van der Waals surface area contributed by atoms with Crippen LogP contribution in [0.5, 0.6) is 0 Å². The first-order valence-corrected chi connectivity index (χ1v) is 5.92. The van der Waals surface area contributed by atoms with Gasteiger partial charge in [0, 0.05) is 18.2 Å². The molecule has 0 radical (unpaired) electrons. The maximum absolute atomic E-state index is 12.4. The summed E-state index contributed by atoms with van der Waals surface area (Å²) < 4.78 is 0. The van der Waals surface area contributed by atoms with E-state index in [1.54, 1.807) is 17.0 Å². The molecule has 0 saturated carbocycles. The molecule has 0 N–H and O–H groups in total. The zero-order valence-electron chi connectivity index (χ0n) is 11.1. The predicted octanol–water partition coefficient (Wildman–Crippen LogP) is 2.85. The lowest BCUT2D eigenvalue weighted by Crippen LogP contribution is -2.42. The fourth-order valence-corrected chi connectivity index (χ4v) is 2.02. The number of nitrogens with zero attached hydrogens (tertiary/aromatic N) is 2. The molecule has 0 aliphatic rings. The van der Waals surface area contributed by atoms with Gasteiger partial charge in [-0.2, -0.15) is 0 Å². The number of rotatable bonds is 4. The highest BCUT2D eigenvalue weighted by Crippen LogP contribution is 2.21. The topological polar surface area (TPSA) is 63.5 Å². The van der Waals surface area contributed by atoms with Crippen molar-refractivity contribution >= 4 is 11.6 Å². The van der Waals surface area contributed by atoms with Gasteiger partial charge in [-0.15, -0.1) is 0 Å². The Kier molecular flexibility index (Phi) is 4.42. The maximum atomic E-state index is 12.4. The standard InChI is InChI=1S/C13H18N2O3/c1-9(2)14(10(3)4)13(16)11-7-5-6-8-12(11)15(17)18/h5-10H,1-4H3. The molecular formula is C13H18N2O3. The molecule has 1 aromatic carbocycles. The Morgan fingerprint density at radius 1 is 1.17 bits per heavy atom. The fourth-order valence-electron chi connectivity index (χ4n) is 2.02. The summed E-state index contributed by atoms with van der Waals surface area (Å²) in [5.41, 5.74) is -0.00120. The van der Waals surface area contributed by atoms with Crippen LogP contribution in [0.1, 0.15) is 38.1 Å². The molecule has 1 rings (SSSR count). The van der Waals surface area contributed by atoms with Crippen molar-refractivity contribution < 1.29 is 9.72 Å². The zero-order valence-corrected chi connectivity index (χ0v) is 11.1. The zero-order chi connectivity index (χ0) is 13.9. The van der Waals surface area contributed by atoms with Crippen molar-refractivity contribution in [1.29, 1.82) is 0 Å². The number of nitro benzene ring substituents is 1. The Morgan fingerprint density at radius 2 is 1.67 bits per heavy atom. The Hall–Kier alpha value is -1.91. The van der Waals surface area contributed by atoms with Gasteiger partial charge in [0.15, 0.2) is 0 Å². The molecule has 1 aromatic rings. The van der Waals surface area contributed by atoms with Crippen LogP contribution >= 0.6 is 0 Å². The number of hydrogen-bond donors (Lipinski definition) is 0. The van der Waals surface area contributed by atoms with Crippen LogP contribution in [0.4, 0.5) is 5.69 Å². The highest BCUT2D eigenvalue weighted by molar-refractivity contribution is 5.98. The first-order chi connectivity index (χ1) is 8.36. The van der Waals surface area contributed by atoms with Gasteiger partial charge in [-0.1, -0.05) is 12.1 Å². The van der Waals surface area contributed by atoms with Crippen LogP contribution in [-0.4, -0.2) is 27.8 Å². The van der Waals surface area contributed by atoms with Crippen LogP contribution in [0.3, 0.4) is 0 Å². The molecule has 0 saturated heterocycles. The number of carbonyl (C=O) groups is 1. The summed E-state index contributed by atoms with van der Waals surface area (Å²) in [5, 5.41) is 10.9. The Balaban J connectivity index is 3.21. The summed E-state index contributed by atoms with van der Waals surface area (Å²) in [6.45, 7) is 7.58. The molecule has 0 bridgehead atoms. The van der Waals surface area contributed by atoms with E-state index in [0.29, 0.717) is 0 Å². The molecule has 0 spiro atoms. The minimum atomic E-state index is -0.522. The smallest absolute Gasteiger partial charge is 0.282 e. The van der Waals surface area contributed by atoms with Crippen molar-refractivity contribution in [1.82, 2.24) is 4.90 Å². The van der Waals surface area contributed by atoms with Gasteiger partial charge in [-0.3, -0.25) is 14.9 Å². The first-order valence-electron chi connectivity index (χ1n) is 5.92.